The van der Waals surface area contributed by atoms with Crippen LogP contribution in [0, 0.1) is 12.8 Å². The van der Waals surface area contributed by atoms with Crippen molar-refractivity contribution >= 4 is 18.0 Å². The van der Waals surface area contributed by atoms with Crippen molar-refractivity contribution in [1.29, 1.82) is 0 Å². The Kier molecular flexibility index (Phi) is 5.89. The molecule has 2 unspecified atom stereocenters. The molecule has 1 saturated carbocycles. The summed E-state index contributed by atoms with van der Waals surface area (Å²) in [6.07, 6.45) is 13.4. The van der Waals surface area contributed by atoms with E-state index in [9.17, 15) is 4.79 Å². The lowest BCUT2D eigenvalue weighted by Gasteiger charge is -2.43. The molecule has 2 aliphatic rings. The molecule has 1 N–H and O–H groups in total. The summed E-state index contributed by atoms with van der Waals surface area (Å²) in [5.74, 6) is 2.79. The van der Waals surface area contributed by atoms with Crippen LogP contribution in [-0.2, 0) is 4.79 Å². The Morgan fingerprint density at radius 1 is 1.07 bits per heavy atom. The molecule has 1 aliphatic heterocycles. The number of nitrogens with zero attached hydrogens (tertiary/aromatic N) is 3. The lowest BCUT2D eigenvalue weighted by molar-refractivity contribution is -0.123. The number of rotatable bonds is 5. The molecule has 5 heteroatoms. The van der Waals surface area contributed by atoms with E-state index in [1.165, 1.54) is 37.7 Å². The minimum absolute atomic E-state index is 0.389. The van der Waals surface area contributed by atoms with Crippen LogP contribution >= 0.6 is 0 Å². The molecule has 28 heavy (non-hydrogen) atoms. The zero-order chi connectivity index (χ0) is 19.3. The topological polar surface area (TPSA) is 58.1 Å². The molecule has 2 atom stereocenters. The third kappa shape index (κ3) is 4.34. The number of pyridine rings is 2. The second-order valence-corrected chi connectivity index (χ2v) is 8.35. The predicted molar refractivity (Wildman–Crippen MR) is 112 cm³/mol. The van der Waals surface area contributed by atoms with E-state index in [0.29, 0.717) is 17.9 Å². The first kappa shape index (κ1) is 18.9. The monoisotopic (exact) mass is 378 g/mol. The van der Waals surface area contributed by atoms with Gasteiger partial charge in [-0.05, 0) is 73.8 Å². The van der Waals surface area contributed by atoms with Gasteiger partial charge in [-0.3, -0.25) is 4.79 Å². The average molecular weight is 379 g/mol. The van der Waals surface area contributed by atoms with Crippen molar-refractivity contribution in [2.75, 3.05) is 11.9 Å². The number of aromatic nitrogens is 2. The Balaban J connectivity index is 1.48. The van der Waals surface area contributed by atoms with Gasteiger partial charge in [0.2, 0.25) is 6.41 Å². The standard InChI is InChI=1S/C23H30N4O/c1-17-7-8-22(25-15-17)26-23-14-19(9-11-24-23)20-10-12-27(16-28)21(13-20)18-5-3-2-4-6-18/h7-9,11,14-16,18,20-21H,2-6,10,12-13H2,1H3,(H,24,25,26). The fraction of sp³-hybridized carbons (Fsp3) is 0.522. The summed E-state index contributed by atoms with van der Waals surface area (Å²) in [6.45, 7) is 2.89. The van der Waals surface area contributed by atoms with Crippen molar-refractivity contribution in [2.45, 2.75) is 63.8 Å². The number of carbonyl (C=O) groups excluding carboxylic acids is 1. The summed E-state index contributed by atoms with van der Waals surface area (Å²) in [7, 11) is 0. The van der Waals surface area contributed by atoms with Crippen LogP contribution in [0.2, 0.25) is 0 Å². The number of anilines is 2. The fourth-order valence-electron chi connectivity index (χ4n) is 4.87. The lowest BCUT2D eigenvalue weighted by atomic mass is 9.76. The number of hydrogen-bond acceptors (Lipinski definition) is 4. The first-order chi connectivity index (χ1) is 13.7. The third-order valence-corrected chi connectivity index (χ3v) is 6.44. The van der Waals surface area contributed by atoms with Gasteiger partial charge in [0.15, 0.2) is 0 Å². The van der Waals surface area contributed by atoms with Crippen molar-refractivity contribution in [2.24, 2.45) is 5.92 Å². The minimum atomic E-state index is 0.389. The Labute approximate surface area is 167 Å². The van der Waals surface area contributed by atoms with Gasteiger partial charge < -0.3 is 10.2 Å². The van der Waals surface area contributed by atoms with Crippen LogP contribution in [-0.4, -0.2) is 33.9 Å². The molecule has 2 aromatic rings. The second kappa shape index (κ2) is 8.72. The number of aryl methyl sites for hydroxylation is 1. The van der Waals surface area contributed by atoms with Gasteiger partial charge in [-0.15, -0.1) is 0 Å². The normalized spacial score (nSPS) is 23.4. The molecule has 0 spiro atoms. The van der Waals surface area contributed by atoms with Gasteiger partial charge in [-0.1, -0.05) is 25.3 Å². The van der Waals surface area contributed by atoms with Gasteiger partial charge in [0.25, 0.3) is 0 Å². The van der Waals surface area contributed by atoms with E-state index in [1.807, 2.05) is 31.5 Å². The second-order valence-electron chi connectivity index (χ2n) is 8.35. The molecule has 3 heterocycles. The molecule has 1 aliphatic carbocycles. The first-order valence-corrected chi connectivity index (χ1v) is 10.6. The molecule has 4 rings (SSSR count). The van der Waals surface area contributed by atoms with E-state index < -0.39 is 0 Å². The van der Waals surface area contributed by atoms with E-state index >= 15 is 0 Å². The van der Waals surface area contributed by atoms with Crippen LogP contribution in [0.15, 0.2) is 36.7 Å². The predicted octanol–water partition coefficient (Wildman–Crippen LogP) is 4.81. The third-order valence-electron chi connectivity index (χ3n) is 6.44. The van der Waals surface area contributed by atoms with E-state index in [2.05, 4.69) is 32.3 Å². The smallest absolute Gasteiger partial charge is 0.209 e. The summed E-state index contributed by atoms with van der Waals surface area (Å²) < 4.78 is 0. The van der Waals surface area contributed by atoms with Crippen molar-refractivity contribution in [3.63, 3.8) is 0 Å². The van der Waals surface area contributed by atoms with Crippen LogP contribution in [0.3, 0.4) is 0 Å². The molecular weight excluding hydrogens is 348 g/mol. The van der Waals surface area contributed by atoms with Gasteiger partial charge in [0, 0.05) is 25.0 Å². The average Bonchev–Trinajstić information content (AvgIpc) is 2.76. The summed E-state index contributed by atoms with van der Waals surface area (Å²) in [5.41, 5.74) is 2.46. The zero-order valence-electron chi connectivity index (χ0n) is 16.7. The molecule has 2 aromatic heterocycles. The summed E-state index contributed by atoms with van der Waals surface area (Å²) in [5, 5.41) is 3.32. The number of hydrogen-bond donors (Lipinski definition) is 1. The molecule has 0 radical (unpaired) electrons. The number of piperidine rings is 1. The molecule has 1 amide bonds. The highest BCUT2D eigenvalue weighted by Crippen LogP contribution is 2.39. The van der Waals surface area contributed by atoms with Gasteiger partial charge in [0.1, 0.15) is 11.6 Å². The zero-order valence-corrected chi connectivity index (χ0v) is 16.7. The molecule has 148 valence electrons. The molecule has 0 bridgehead atoms. The summed E-state index contributed by atoms with van der Waals surface area (Å²) >= 11 is 0. The Morgan fingerprint density at radius 2 is 1.93 bits per heavy atom. The van der Waals surface area contributed by atoms with Crippen molar-refractivity contribution < 1.29 is 4.79 Å². The van der Waals surface area contributed by atoms with Gasteiger partial charge in [0.05, 0.1) is 0 Å². The largest absolute Gasteiger partial charge is 0.342 e. The first-order valence-electron chi connectivity index (χ1n) is 10.6. The van der Waals surface area contributed by atoms with Crippen LogP contribution < -0.4 is 5.32 Å². The summed E-state index contributed by atoms with van der Waals surface area (Å²) in [6, 6.07) is 8.70. The number of carbonyl (C=O) groups is 1. The molecule has 0 aromatic carbocycles. The molecule has 1 saturated heterocycles. The maximum Gasteiger partial charge on any atom is 0.209 e. The van der Waals surface area contributed by atoms with Gasteiger partial charge in [-0.2, -0.15) is 0 Å². The fourth-order valence-corrected chi connectivity index (χ4v) is 4.87. The molecular formula is C23H30N4O. The highest BCUT2D eigenvalue weighted by atomic mass is 16.1. The van der Waals surface area contributed by atoms with Gasteiger partial charge in [-0.25, -0.2) is 9.97 Å². The van der Waals surface area contributed by atoms with E-state index in [4.69, 9.17) is 0 Å². The summed E-state index contributed by atoms with van der Waals surface area (Å²) in [4.78, 5) is 22.6. The Morgan fingerprint density at radius 3 is 2.68 bits per heavy atom. The maximum absolute atomic E-state index is 11.6. The van der Waals surface area contributed by atoms with Crippen LogP contribution in [0.4, 0.5) is 11.6 Å². The van der Waals surface area contributed by atoms with Crippen LogP contribution in [0.25, 0.3) is 0 Å². The highest BCUT2D eigenvalue weighted by Gasteiger charge is 2.34. The number of nitrogens with one attached hydrogen (secondary N) is 1. The number of likely N-dealkylation sites (tertiary alicyclic amines) is 1. The van der Waals surface area contributed by atoms with E-state index in [0.717, 1.165) is 43.0 Å². The highest BCUT2D eigenvalue weighted by molar-refractivity contribution is 5.53. The molecule has 5 nitrogen and oxygen atoms in total. The van der Waals surface area contributed by atoms with E-state index in [-0.39, 0.29) is 0 Å². The van der Waals surface area contributed by atoms with Crippen molar-refractivity contribution in [1.82, 2.24) is 14.9 Å². The number of amides is 1. The SMILES string of the molecule is Cc1ccc(Nc2cc(C3CCN(C=O)C(C4CCCCC4)C3)ccn2)nc1. The quantitative estimate of drug-likeness (QED) is 0.758. The van der Waals surface area contributed by atoms with Crippen LogP contribution in [0.5, 0.6) is 0 Å². The van der Waals surface area contributed by atoms with Crippen molar-refractivity contribution in [3.05, 3.63) is 47.8 Å². The molecule has 2 fully saturated rings. The Hall–Kier alpha value is -2.43. The van der Waals surface area contributed by atoms with Crippen molar-refractivity contribution in [3.8, 4) is 0 Å². The van der Waals surface area contributed by atoms with Gasteiger partial charge >= 0.3 is 0 Å². The lowest BCUT2D eigenvalue weighted by Crippen LogP contribution is -2.45. The van der Waals surface area contributed by atoms with E-state index in [1.54, 1.807) is 0 Å². The Bertz CT molecular complexity index is 785. The maximum atomic E-state index is 11.6. The van der Waals surface area contributed by atoms with Crippen LogP contribution in [0.1, 0.15) is 62.0 Å². The minimum Gasteiger partial charge on any atom is -0.342 e.